The molecule has 2 atom stereocenters. The van der Waals surface area contributed by atoms with Crippen LogP contribution in [0.1, 0.15) is 42.1 Å². The molecule has 2 N–H and O–H groups in total. The lowest BCUT2D eigenvalue weighted by Crippen LogP contribution is -2.55. The number of amides is 1. The highest BCUT2D eigenvalue weighted by atomic mass is 16.5. The van der Waals surface area contributed by atoms with Crippen molar-refractivity contribution in [3.05, 3.63) is 53.6 Å². The molecule has 160 valence electrons. The van der Waals surface area contributed by atoms with E-state index in [0.717, 1.165) is 24.0 Å². The van der Waals surface area contributed by atoms with E-state index in [1.807, 2.05) is 36.4 Å². The van der Waals surface area contributed by atoms with Gasteiger partial charge in [0.05, 0.1) is 6.61 Å². The van der Waals surface area contributed by atoms with Gasteiger partial charge in [-0.3, -0.25) is 14.5 Å². The van der Waals surface area contributed by atoms with Gasteiger partial charge < -0.3 is 15.2 Å². The van der Waals surface area contributed by atoms with Crippen molar-refractivity contribution in [1.29, 1.82) is 0 Å². The van der Waals surface area contributed by atoms with Crippen LogP contribution in [0.25, 0.3) is 11.1 Å². The molecule has 31 heavy (non-hydrogen) atoms. The van der Waals surface area contributed by atoms with Gasteiger partial charge in [0.2, 0.25) is 0 Å². The number of aliphatic imine (C=N–C) groups is 1. The number of benzene rings is 2. The predicted molar refractivity (Wildman–Crippen MR) is 116 cm³/mol. The number of hydrogen-bond donors (Lipinski definition) is 1. The number of Topliss-reactive ketones (excluding diaryl/α,β-unsaturated/α-hetero) is 1. The molecule has 3 heterocycles. The van der Waals surface area contributed by atoms with E-state index >= 15 is 0 Å². The predicted octanol–water partition coefficient (Wildman–Crippen LogP) is 2.87. The summed E-state index contributed by atoms with van der Waals surface area (Å²) in [6.07, 6.45) is 2.04. The van der Waals surface area contributed by atoms with Crippen molar-refractivity contribution in [2.75, 3.05) is 20.3 Å². The van der Waals surface area contributed by atoms with E-state index in [2.05, 4.69) is 0 Å². The Labute approximate surface area is 180 Å². The second-order valence-corrected chi connectivity index (χ2v) is 8.66. The van der Waals surface area contributed by atoms with E-state index in [0.29, 0.717) is 36.5 Å². The molecule has 3 aliphatic heterocycles. The Morgan fingerprint density at radius 1 is 1.19 bits per heavy atom. The van der Waals surface area contributed by atoms with Gasteiger partial charge in [-0.1, -0.05) is 24.3 Å². The van der Waals surface area contributed by atoms with E-state index in [1.165, 1.54) is 4.90 Å². The molecule has 0 bridgehead atoms. The van der Waals surface area contributed by atoms with Crippen molar-refractivity contribution in [2.24, 2.45) is 10.7 Å². The summed E-state index contributed by atoms with van der Waals surface area (Å²) in [5.41, 5.74) is 7.47. The fraction of sp³-hybridized carbons (Fsp3) is 0.375. The fourth-order valence-electron chi connectivity index (χ4n) is 4.91. The zero-order valence-electron chi connectivity index (χ0n) is 17.7. The lowest BCUT2D eigenvalue weighted by atomic mass is 9.74. The molecule has 1 amide bonds. The smallest absolute Gasteiger partial charge is 0.261 e. The van der Waals surface area contributed by atoms with Gasteiger partial charge in [0.15, 0.2) is 17.3 Å². The molecule has 0 radical (unpaired) electrons. The van der Waals surface area contributed by atoms with Crippen LogP contribution in [0, 0.1) is 0 Å². The van der Waals surface area contributed by atoms with E-state index in [4.69, 9.17) is 20.2 Å². The number of rotatable bonds is 2. The van der Waals surface area contributed by atoms with Crippen LogP contribution in [0.15, 0.2) is 47.5 Å². The Hall–Kier alpha value is -3.19. The molecular formula is C24H25N3O4. The van der Waals surface area contributed by atoms with Crippen molar-refractivity contribution in [3.63, 3.8) is 0 Å². The summed E-state index contributed by atoms with van der Waals surface area (Å²) in [7, 11) is 1.65. The van der Waals surface area contributed by atoms with Gasteiger partial charge >= 0.3 is 0 Å². The normalized spacial score (nSPS) is 27.2. The summed E-state index contributed by atoms with van der Waals surface area (Å²) in [6, 6.07) is 13.2. The molecule has 2 aromatic rings. The van der Waals surface area contributed by atoms with Crippen molar-refractivity contribution < 1.29 is 19.1 Å². The molecule has 5 rings (SSSR count). The van der Waals surface area contributed by atoms with Crippen LogP contribution >= 0.6 is 0 Å². The van der Waals surface area contributed by atoms with Crippen molar-refractivity contribution >= 4 is 17.6 Å². The number of carbonyl (C=O) groups is 2. The van der Waals surface area contributed by atoms with Gasteiger partial charge in [0.25, 0.3) is 5.91 Å². The Balaban J connectivity index is 1.67. The second-order valence-electron chi connectivity index (χ2n) is 8.66. The lowest BCUT2D eigenvalue weighted by Gasteiger charge is -2.46. The van der Waals surface area contributed by atoms with Gasteiger partial charge in [0.1, 0.15) is 11.4 Å². The van der Waals surface area contributed by atoms with Gasteiger partial charge in [-0.2, -0.15) is 0 Å². The Bertz CT molecular complexity index is 1120. The van der Waals surface area contributed by atoms with Gasteiger partial charge in [-0.05, 0) is 49.1 Å². The molecule has 2 spiro atoms. The minimum absolute atomic E-state index is 0.00354. The standard InChI is InChI=1S/C24H25N3O4/c1-15(28)16-5-3-6-17(11-16)18-7-8-20-19(12-18)24(21(29)27(2)22(25)26-24)13-23(31-20)9-4-10-30-14-23/h3,5-8,11-12H,4,9-10,13-14H2,1-2H3,(H2,25,26). The fourth-order valence-corrected chi connectivity index (χ4v) is 4.91. The molecule has 0 aliphatic carbocycles. The van der Waals surface area contributed by atoms with Crippen LogP contribution in [-0.4, -0.2) is 48.4 Å². The number of nitrogens with zero attached hydrogens (tertiary/aromatic N) is 2. The summed E-state index contributed by atoms with van der Waals surface area (Å²) in [5.74, 6) is 0.676. The van der Waals surface area contributed by atoms with Gasteiger partial charge in [-0.25, -0.2) is 4.99 Å². The summed E-state index contributed by atoms with van der Waals surface area (Å²) in [5, 5.41) is 0. The van der Waals surface area contributed by atoms with Crippen LogP contribution in [0.4, 0.5) is 0 Å². The summed E-state index contributed by atoms with van der Waals surface area (Å²) in [4.78, 5) is 31.4. The molecule has 7 nitrogen and oxygen atoms in total. The Kier molecular flexibility index (Phi) is 4.41. The SMILES string of the molecule is CC(=O)c1cccc(-c2ccc3c(c2)C2(CC4(CCCOC4)O3)N=C(N)N(C)C2=O)c1. The Morgan fingerprint density at radius 3 is 2.68 bits per heavy atom. The molecule has 0 saturated carbocycles. The second kappa shape index (κ2) is 6.92. The maximum absolute atomic E-state index is 13.5. The third kappa shape index (κ3) is 3.03. The topological polar surface area (TPSA) is 94.2 Å². The number of likely N-dealkylation sites (N-methyl/N-ethyl adjacent to an activating group) is 1. The van der Waals surface area contributed by atoms with Crippen LogP contribution in [0.2, 0.25) is 0 Å². The zero-order valence-corrected chi connectivity index (χ0v) is 17.7. The highest BCUT2D eigenvalue weighted by molar-refractivity contribution is 6.07. The molecule has 3 aliphatic rings. The van der Waals surface area contributed by atoms with Gasteiger partial charge in [0, 0.05) is 31.2 Å². The number of nitrogens with two attached hydrogens (primary N) is 1. The molecule has 2 aromatic carbocycles. The molecule has 1 fully saturated rings. The quantitative estimate of drug-likeness (QED) is 0.756. The van der Waals surface area contributed by atoms with Gasteiger partial charge in [-0.15, -0.1) is 0 Å². The van der Waals surface area contributed by atoms with Crippen molar-refractivity contribution in [3.8, 4) is 16.9 Å². The average Bonchev–Trinajstić information content (AvgIpc) is 2.98. The van der Waals surface area contributed by atoms with E-state index in [1.54, 1.807) is 20.0 Å². The summed E-state index contributed by atoms with van der Waals surface area (Å²) in [6.45, 7) is 2.66. The largest absolute Gasteiger partial charge is 0.484 e. The first-order valence-electron chi connectivity index (χ1n) is 10.5. The monoisotopic (exact) mass is 419 g/mol. The van der Waals surface area contributed by atoms with Crippen LogP contribution in [0.3, 0.4) is 0 Å². The molecule has 1 saturated heterocycles. The van der Waals surface area contributed by atoms with Crippen molar-refractivity contribution in [1.82, 2.24) is 4.90 Å². The third-order valence-corrected chi connectivity index (χ3v) is 6.53. The van der Waals surface area contributed by atoms with E-state index in [9.17, 15) is 9.59 Å². The number of fused-ring (bicyclic) bond motifs is 2. The maximum Gasteiger partial charge on any atom is 0.261 e. The number of carbonyl (C=O) groups excluding carboxylic acids is 2. The van der Waals surface area contributed by atoms with Crippen LogP contribution < -0.4 is 10.5 Å². The molecule has 0 aromatic heterocycles. The highest BCUT2D eigenvalue weighted by Crippen LogP contribution is 2.51. The number of hydrogen-bond acceptors (Lipinski definition) is 6. The molecule has 2 unspecified atom stereocenters. The molecule has 7 heteroatoms. The zero-order chi connectivity index (χ0) is 21.8. The Morgan fingerprint density at radius 2 is 2.00 bits per heavy atom. The first kappa shape index (κ1) is 19.8. The highest BCUT2D eigenvalue weighted by Gasteiger charge is 2.58. The first-order valence-corrected chi connectivity index (χ1v) is 10.5. The maximum atomic E-state index is 13.5. The third-order valence-electron chi connectivity index (χ3n) is 6.53. The van der Waals surface area contributed by atoms with E-state index in [-0.39, 0.29) is 17.6 Å². The summed E-state index contributed by atoms with van der Waals surface area (Å²) >= 11 is 0. The number of ether oxygens (including phenoxy) is 2. The number of guanidine groups is 1. The minimum Gasteiger partial charge on any atom is -0.484 e. The average molecular weight is 419 g/mol. The van der Waals surface area contributed by atoms with Crippen molar-refractivity contribution in [2.45, 2.75) is 37.3 Å². The van der Waals surface area contributed by atoms with Crippen LogP contribution in [0.5, 0.6) is 5.75 Å². The minimum atomic E-state index is -1.14. The number of ketones is 1. The molecular weight excluding hydrogens is 394 g/mol. The van der Waals surface area contributed by atoms with E-state index < -0.39 is 11.1 Å². The first-order chi connectivity index (χ1) is 14.8. The summed E-state index contributed by atoms with van der Waals surface area (Å²) < 4.78 is 12.2. The lowest BCUT2D eigenvalue weighted by molar-refractivity contribution is -0.139. The van der Waals surface area contributed by atoms with Crippen LogP contribution in [-0.2, 0) is 15.1 Å².